The molecule has 1 fully saturated rings. The molecule has 4 aromatic rings. The van der Waals surface area contributed by atoms with Crippen molar-refractivity contribution in [1.82, 2.24) is 14.5 Å². The summed E-state index contributed by atoms with van der Waals surface area (Å²) in [4.78, 5) is 32.6. The van der Waals surface area contributed by atoms with Crippen molar-refractivity contribution in [2.45, 2.75) is 18.9 Å². The first-order valence-electron chi connectivity index (χ1n) is 11.7. The van der Waals surface area contributed by atoms with Gasteiger partial charge in [0.15, 0.2) is 0 Å². The molecule has 2 amide bonds. The third-order valence-electron chi connectivity index (χ3n) is 6.01. The number of nitrogens with zero attached hydrogens (tertiary/aromatic N) is 3. The Hall–Kier alpha value is -4.10. The quantitative estimate of drug-likeness (QED) is 0.349. The van der Waals surface area contributed by atoms with Crippen molar-refractivity contribution in [3.05, 3.63) is 95.6 Å². The molecule has 3 aromatic carbocycles. The summed E-state index contributed by atoms with van der Waals surface area (Å²) in [6, 6.07) is 23.9. The third-order valence-corrected chi connectivity index (χ3v) is 6.26. The van der Waals surface area contributed by atoms with Gasteiger partial charge in [0.2, 0.25) is 11.9 Å². The maximum Gasteiger partial charge on any atom is 0.254 e. The van der Waals surface area contributed by atoms with Gasteiger partial charge < -0.3 is 9.64 Å². The predicted octanol–water partition coefficient (Wildman–Crippen LogP) is 5.44. The van der Waals surface area contributed by atoms with Crippen LogP contribution in [-0.2, 0) is 4.79 Å². The molecule has 0 aliphatic heterocycles. The van der Waals surface area contributed by atoms with Gasteiger partial charge in [0.25, 0.3) is 5.91 Å². The minimum atomic E-state index is -0.316. The number of aromatic nitrogens is 2. The summed E-state index contributed by atoms with van der Waals surface area (Å²) in [5.41, 5.74) is 2.87. The SMILES string of the molecule is COc1cccc(-n2cc(-c3ccc(Cl)cc3)nc2NC(=O)CN(C(=O)c2ccccc2)C2CC2)c1. The Kier molecular flexibility index (Phi) is 6.73. The van der Waals surface area contributed by atoms with Gasteiger partial charge in [-0.05, 0) is 49.2 Å². The minimum Gasteiger partial charge on any atom is -0.497 e. The third kappa shape index (κ3) is 5.26. The summed E-state index contributed by atoms with van der Waals surface area (Å²) >= 11 is 6.05. The van der Waals surface area contributed by atoms with Crippen LogP contribution in [0.2, 0.25) is 5.02 Å². The molecule has 0 radical (unpaired) electrons. The average Bonchev–Trinajstić information content (AvgIpc) is 3.67. The summed E-state index contributed by atoms with van der Waals surface area (Å²) in [5.74, 6) is 0.566. The van der Waals surface area contributed by atoms with Gasteiger partial charge in [-0.2, -0.15) is 0 Å². The molecular weight excluding hydrogens is 476 g/mol. The number of carbonyl (C=O) groups is 2. The van der Waals surface area contributed by atoms with E-state index in [0.29, 0.717) is 28.0 Å². The molecule has 8 heteroatoms. The Labute approximate surface area is 214 Å². The molecule has 1 aliphatic carbocycles. The molecule has 182 valence electrons. The molecule has 0 bridgehead atoms. The molecule has 1 aromatic heterocycles. The number of methoxy groups -OCH3 is 1. The number of amides is 2. The Bertz CT molecular complexity index is 1380. The summed E-state index contributed by atoms with van der Waals surface area (Å²) < 4.78 is 7.17. The molecule has 1 heterocycles. The van der Waals surface area contributed by atoms with Crippen molar-refractivity contribution >= 4 is 29.4 Å². The number of hydrogen-bond acceptors (Lipinski definition) is 4. The van der Waals surface area contributed by atoms with E-state index in [1.54, 1.807) is 40.8 Å². The summed E-state index contributed by atoms with van der Waals surface area (Å²) in [6.07, 6.45) is 3.64. The average molecular weight is 501 g/mol. The van der Waals surface area contributed by atoms with Crippen LogP contribution in [0, 0.1) is 0 Å². The zero-order valence-corrected chi connectivity index (χ0v) is 20.5. The number of benzene rings is 3. The molecule has 5 rings (SSSR count). The van der Waals surface area contributed by atoms with E-state index in [9.17, 15) is 9.59 Å². The fourth-order valence-corrected chi connectivity index (χ4v) is 4.13. The highest BCUT2D eigenvalue weighted by Gasteiger charge is 2.34. The number of carbonyl (C=O) groups excluding carboxylic acids is 2. The van der Waals surface area contributed by atoms with Crippen LogP contribution in [0.5, 0.6) is 5.75 Å². The van der Waals surface area contributed by atoms with Crippen molar-refractivity contribution in [2.24, 2.45) is 0 Å². The van der Waals surface area contributed by atoms with Gasteiger partial charge >= 0.3 is 0 Å². The van der Waals surface area contributed by atoms with Crippen LogP contribution in [0.15, 0.2) is 85.1 Å². The fourth-order valence-electron chi connectivity index (χ4n) is 4.00. The predicted molar refractivity (Wildman–Crippen MR) is 140 cm³/mol. The monoisotopic (exact) mass is 500 g/mol. The smallest absolute Gasteiger partial charge is 0.254 e. The van der Waals surface area contributed by atoms with E-state index in [4.69, 9.17) is 21.3 Å². The number of imidazole rings is 1. The first-order chi connectivity index (χ1) is 17.5. The van der Waals surface area contributed by atoms with E-state index in [1.807, 2.05) is 60.8 Å². The summed E-state index contributed by atoms with van der Waals surface area (Å²) in [6.45, 7) is -0.0559. The molecule has 1 aliphatic rings. The van der Waals surface area contributed by atoms with E-state index in [-0.39, 0.29) is 24.4 Å². The first-order valence-corrected chi connectivity index (χ1v) is 12.1. The van der Waals surface area contributed by atoms with E-state index >= 15 is 0 Å². The van der Waals surface area contributed by atoms with Crippen molar-refractivity contribution < 1.29 is 14.3 Å². The highest BCUT2D eigenvalue weighted by molar-refractivity contribution is 6.30. The number of rotatable bonds is 8. The van der Waals surface area contributed by atoms with Crippen molar-refractivity contribution in [1.29, 1.82) is 0 Å². The standard InChI is InChI=1S/C28H25ClN4O3/c1-36-24-9-5-8-23(16-24)33-17-25(19-10-12-21(29)13-11-19)30-28(33)31-26(34)18-32(22-14-15-22)27(35)20-6-3-2-4-7-20/h2-13,16-17,22H,14-15,18H2,1H3,(H,30,31,34). The van der Waals surface area contributed by atoms with Gasteiger partial charge in [0, 0.05) is 34.5 Å². The molecule has 0 atom stereocenters. The fraction of sp³-hybridized carbons (Fsp3) is 0.179. The number of nitrogens with one attached hydrogen (secondary N) is 1. The Morgan fingerprint density at radius 1 is 1.06 bits per heavy atom. The second-order valence-corrected chi connectivity index (χ2v) is 9.04. The maximum absolute atomic E-state index is 13.2. The normalized spacial score (nSPS) is 12.7. The van der Waals surface area contributed by atoms with Gasteiger partial charge in [0.1, 0.15) is 12.3 Å². The summed E-state index contributed by atoms with van der Waals surface area (Å²) in [7, 11) is 1.60. The lowest BCUT2D eigenvalue weighted by Gasteiger charge is -2.22. The second kappa shape index (κ2) is 10.3. The molecule has 0 unspecified atom stereocenters. The van der Waals surface area contributed by atoms with Gasteiger partial charge in [0.05, 0.1) is 18.5 Å². The zero-order valence-electron chi connectivity index (χ0n) is 19.7. The van der Waals surface area contributed by atoms with E-state index < -0.39 is 0 Å². The van der Waals surface area contributed by atoms with Gasteiger partial charge in [-0.25, -0.2) is 4.98 Å². The highest BCUT2D eigenvalue weighted by atomic mass is 35.5. The number of ether oxygens (including phenoxy) is 1. The molecule has 0 spiro atoms. The first kappa shape index (κ1) is 23.6. The number of halogens is 1. The molecule has 0 saturated heterocycles. The number of hydrogen-bond donors (Lipinski definition) is 1. The van der Waals surface area contributed by atoms with Crippen molar-refractivity contribution in [2.75, 3.05) is 19.0 Å². The number of anilines is 1. The zero-order chi connectivity index (χ0) is 25.1. The Balaban J connectivity index is 1.43. The van der Waals surface area contributed by atoms with Crippen LogP contribution < -0.4 is 10.1 Å². The maximum atomic E-state index is 13.2. The molecule has 1 N–H and O–H groups in total. The largest absolute Gasteiger partial charge is 0.497 e. The molecule has 1 saturated carbocycles. The van der Waals surface area contributed by atoms with Crippen LogP contribution in [0.4, 0.5) is 5.95 Å². The molecular formula is C28H25ClN4O3. The lowest BCUT2D eigenvalue weighted by molar-refractivity contribution is -0.117. The minimum absolute atomic E-state index is 0.0559. The van der Waals surface area contributed by atoms with Crippen LogP contribution >= 0.6 is 11.6 Å². The topological polar surface area (TPSA) is 76.5 Å². The summed E-state index contributed by atoms with van der Waals surface area (Å²) in [5, 5.41) is 3.55. The molecule has 7 nitrogen and oxygen atoms in total. The van der Waals surface area contributed by atoms with Gasteiger partial charge in [-0.1, -0.05) is 48.0 Å². The highest BCUT2D eigenvalue weighted by Crippen LogP contribution is 2.29. The van der Waals surface area contributed by atoms with Crippen LogP contribution in [0.25, 0.3) is 16.9 Å². The van der Waals surface area contributed by atoms with Crippen LogP contribution in [0.3, 0.4) is 0 Å². The second-order valence-electron chi connectivity index (χ2n) is 8.61. The van der Waals surface area contributed by atoms with Gasteiger partial charge in [-0.3, -0.25) is 19.5 Å². The molecule has 36 heavy (non-hydrogen) atoms. The van der Waals surface area contributed by atoms with Crippen molar-refractivity contribution in [3.8, 4) is 22.7 Å². The van der Waals surface area contributed by atoms with Gasteiger partial charge in [-0.15, -0.1) is 0 Å². The lowest BCUT2D eigenvalue weighted by Crippen LogP contribution is -2.39. The van der Waals surface area contributed by atoms with Crippen LogP contribution in [0.1, 0.15) is 23.2 Å². The lowest BCUT2D eigenvalue weighted by atomic mass is 10.2. The Morgan fingerprint density at radius 2 is 1.81 bits per heavy atom. The van der Waals surface area contributed by atoms with Crippen molar-refractivity contribution in [3.63, 3.8) is 0 Å². The Morgan fingerprint density at radius 3 is 2.50 bits per heavy atom. The van der Waals surface area contributed by atoms with E-state index in [0.717, 1.165) is 24.1 Å². The van der Waals surface area contributed by atoms with E-state index in [1.165, 1.54) is 0 Å². The van der Waals surface area contributed by atoms with E-state index in [2.05, 4.69) is 5.32 Å². The van der Waals surface area contributed by atoms with Crippen LogP contribution in [-0.4, -0.2) is 46.0 Å².